The molecule has 0 fully saturated rings. The fourth-order valence-corrected chi connectivity index (χ4v) is 3.48. The summed E-state index contributed by atoms with van der Waals surface area (Å²) >= 11 is 1.23. The van der Waals surface area contributed by atoms with E-state index in [-0.39, 0.29) is 18.1 Å². The van der Waals surface area contributed by atoms with Crippen LogP contribution in [0.1, 0.15) is 39.0 Å². The molecule has 3 aromatic rings. The number of aromatic nitrogens is 4. The van der Waals surface area contributed by atoms with Crippen LogP contribution >= 0.6 is 11.8 Å². The minimum Gasteiger partial charge on any atom is -0.462 e. The highest BCUT2D eigenvalue weighted by atomic mass is 32.2. The van der Waals surface area contributed by atoms with Crippen LogP contribution in [-0.4, -0.2) is 43.9 Å². The number of rotatable bonds is 7. The van der Waals surface area contributed by atoms with E-state index in [0.29, 0.717) is 27.7 Å². The first kappa shape index (κ1) is 18.9. The number of ketones is 1. The van der Waals surface area contributed by atoms with Gasteiger partial charge in [-0.05, 0) is 32.9 Å². The highest BCUT2D eigenvalue weighted by Crippen LogP contribution is 2.23. The number of esters is 1. The summed E-state index contributed by atoms with van der Waals surface area (Å²) < 4.78 is 6.74. The van der Waals surface area contributed by atoms with E-state index in [1.807, 2.05) is 30.3 Å². The van der Waals surface area contributed by atoms with Gasteiger partial charge in [0.1, 0.15) is 6.33 Å². The second-order valence-electron chi connectivity index (χ2n) is 5.86. The Morgan fingerprint density at radius 1 is 1.15 bits per heavy atom. The highest BCUT2D eigenvalue weighted by molar-refractivity contribution is 7.99. The van der Waals surface area contributed by atoms with Crippen LogP contribution in [0.2, 0.25) is 0 Å². The Balaban J connectivity index is 1.74. The molecule has 0 spiro atoms. The third kappa shape index (κ3) is 4.11. The Bertz CT molecular complexity index is 963. The Morgan fingerprint density at radius 2 is 1.85 bits per heavy atom. The Hall–Kier alpha value is -2.87. The number of ether oxygens (including phenoxy) is 1. The lowest BCUT2D eigenvalue weighted by atomic mass is 10.1. The Morgan fingerprint density at radius 3 is 2.56 bits per heavy atom. The molecule has 1 N–H and O–H groups in total. The molecule has 0 aliphatic carbocycles. The Labute approximate surface area is 161 Å². The molecule has 0 aliphatic heterocycles. The molecule has 3 rings (SSSR count). The lowest BCUT2D eigenvalue weighted by Crippen LogP contribution is -2.13. The van der Waals surface area contributed by atoms with Gasteiger partial charge in [0, 0.05) is 11.4 Å². The first-order chi connectivity index (χ1) is 13.0. The molecular weight excluding hydrogens is 364 g/mol. The van der Waals surface area contributed by atoms with Gasteiger partial charge in [0.2, 0.25) is 5.16 Å². The summed E-state index contributed by atoms with van der Waals surface area (Å²) in [5.41, 5.74) is 2.86. The van der Waals surface area contributed by atoms with E-state index in [4.69, 9.17) is 4.74 Å². The minimum atomic E-state index is -0.487. The van der Waals surface area contributed by atoms with Crippen molar-refractivity contribution in [2.24, 2.45) is 0 Å². The van der Waals surface area contributed by atoms with Gasteiger partial charge in [0.05, 0.1) is 29.2 Å². The van der Waals surface area contributed by atoms with E-state index in [0.717, 1.165) is 5.69 Å². The van der Waals surface area contributed by atoms with Crippen LogP contribution in [-0.2, 0) is 4.74 Å². The maximum Gasteiger partial charge on any atom is 0.340 e. The number of benzene rings is 1. The molecule has 0 atom stereocenters. The van der Waals surface area contributed by atoms with Crippen LogP contribution in [0.3, 0.4) is 0 Å². The number of aryl methyl sites for hydroxylation is 2. The lowest BCUT2D eigenvalue weighted by molar-refractivity contribution is 0.0522. The predicted molar refractivity (Wildman–Crippen MR) is 103 cm³/mol. The molecule has 27 heavy (non-hydrogen) atoms. The van der Waals surface area contributed by atoms with Gasteiger partial charge in [-0.2, -0.15) is 0 Å². The van der Waals surface area contributed by atoms with Crippen molar-refractivity contribution in [1.29, 1.82) is 0 Å². The summed E-state index contributed by atoms with van der Waals surface area (Å²) in [6.07, 6.45) is 1.61. The third-order valence-corrected chi connectivity index (χ3v) is 4.81. The number of thioether (sulfide) groups is 1. The second-order valence-corrected chi connectivity index (χ2v) is 6.81. The van der Waals surface area contributed by atoms with Crippen molar-refractivity contribution in [2.45, 2.75) is 25.9 Å². The number of carbonyl (C=O) groups is 2. The molecule has 7 nitrogen and oxygen atoms in total. The van der Waals surface area contributed by atoms with Crippen molar-refractivity contribution in [3.63, 3.8) is 0 Å². The van der Waals surface area contributed by atoms with Crippen molar-refractivity contribution in [1.82, 2.24) is 19.7 Å². The molecule has 1 aromatic carbocycles. The van der Waals surface area contributed by atoms with Gasteiger partial charge in [-0.25, -0.2) is 14.5 Å². The van der Waals surface area contributed by atoms with E-state index in [1.165, 1.54) is 11.8 Å². The third-order valence-electron chi connectivity index (χ3n) is 3.96. The second kappa shape index (κ2) is 8.22. The average Bonchev–Trinajstić information content (AvgIpc) is 3.24. The van der Waals surface area contributed by atoms with Gasteiger partial charge < -0.3 is 9.72 Å². The van der Waals surface area contributed by atoms with Crippen molar-refractivity contribution < 1.29 is 14.3 Å². The topological polar surface area (TPSA) is 89.9 Å². The first-order valence-electron chi connectivity index (χ1n) is 8.50. The van der Waals surface area contributed by atoms with E-state index in [9.17, 15) is 9.59 Å². The quantitative estimate of drug-likeness (QED) is 0.382. The summed E-state index contributed by atoms with van der Waals surface area (Å²) in [5, 5.41) is 4.87. The monoisotopic (exact) mass is 384 g/mol. The lowest BCUT2D eigenvalue weighted by Gasteiger charge is -2.05. The van der Waals surface area contributed by atoms with Gasteiger partial charge in [-0.3, -0.25) is 4.79 Å². The van der Waals surface area contributed by atoms with Crippen molar-refractivity contribution >= 4 is 23.5 Å². The van der Waals surface area contributed by atoms with E-state index >= 15 is 0 Å². The van der Waals surface area contributed by atoms with Gasteiger partial charge >= 0.3 is 5.97 Å². The van der Waals surface area contributed by atoms with E-state index < -0.39 is 5.97 Å². The van der Waals surface area contributed by atoms with Crippen LogP contribution in [0.4, 0.5) is 0 Å². The largest absolute Gasteiger partial charge is 0.462 e. The molecule has 0 radical (unpaired) electrons. The molecule has 0 unspecified atom stereocenters. The van der Waals surface area contributed by atoms with Crippen LogP contribution in [0.25, 0.3) is 5.69 Å². The number of nitrogens with zero attached hydrogens (tertiary/aromatic N) is 3. The number of Topliss-reactive ketones (excluding diaryl/α,β-unsaturated/α-hetero) is 1. The fraction of sp³-hybridized carbons (Fsp3) is 0.263. The van der Waals surface area contributed by atoms with Crippen LogP contribution in [0, 0.1) is 13.8 Å². The van der Waals surface area contributed by atoms with Gasteiger partial charge in [-0.15, -0.1) is 5.10 Å². The molecule has 140 valence electrons. The molecule has 0 saturated heterocycles. The molecule has 0 amide bonds. The molecule has 2 aromatic heterocycles. The smallest absolute Gasteiger partial charge is 0.340 e. The van der Waals surface area contributed by atoms with E-state index in [1.54, 1.807) is 31.8 Å². The van der Waals surface area contributed by atoms with E-state index in [2.05, 4.69) is 15.1 Å². The van der Waals surface area contributed by atoms with Crippen LogP contribution < -0.4 is 0 Å². The first-order valence-corrected chi connectivity index (χ1v) is 9.49. The molecular formula is C19H20N4O3S. The van der Waals surface area contributed by atoms with Gasteiger partial charge in [-0.1, -0.05) is 30.0 Å². The summed E-state index contributed by atoms with van der Waals surface area (Å²) in [6, 6.07) is 9.61. The zero-order valence-electron chi connectivity index (χ0n) is 15.4. The number of hydrogen-bond acceptors (Lipinski definition) is 6. The summed E-state index contributed by atoms with van der Waals surface area (Å²) in [4.78, 5) is 32.2. The number of carbonyl (C=O) groups excluding carboxylic acids is 2. The maximum atomic E-state index is 12.7. The molecule has 8 heteroatoms. The summed E-state index contributed by atoms with van der Waals surface area (Å²) in [5.74, 6) is -0.524. The van der Waals surface area contributed by atoms with Crippen molar-refractivity contribution in [3.8, 4) is 5.69 Å². The zero-order valence-corrected chi connectivity index (χ0v) is 16.2. The normalized spacial score (nSPS) is 10.8. The number of para-hydroxylation sites is 1. The molecule has 0 aliphatic rings. The van der Waals surface area contributed by atoms with Gasteiger partial charge in [0.25, 0.3) is 0 Å². The average molecular weight is 384 g/mol. The molecule has 0 saturated carbocycles. The van der Waals surface area contributed by atoms with Crippen LogP contribution in [0.15, 0.2) is 41.8 Å². The summed E-state index contributed by atoms with van der Waals surface area (Å²) in [6.45, 7) is 5.52. The number of nitrogens with one attached hydrogen (secondary N) is 1. The van der Waals surface area contributed by atoms with Gasteiger partial charge in [0.15, 0.2) is 5.78 Å². The number of H-pyrrole nitrogens is 1. The SMILES string of the molecule is CCOC(=O)c1c(C)[nH]c(C)c1C(=O)CSc1ncn(-c2ccccc2)n1. The maximum absolute atomic E-state index is 12.7. The standard InChI is InChI=1S/C19H20N4O3S/c1-4-26-18(25)17-13(3)21-12(2)16(17)15(24)10-27-19-20-11-23(22-19)14-8-6-5-7-9-14/h5-9,11,21H,4,10H2,1-3H3. The molecule has 0 bridgehead atoms. The van der Waals surface area contributed by atoms with Crippen LogP contribution in [0.5, 0.6) is 0 Å². The Kier molecular flexibility index (Phi) is 5.75. The summed E-state index contributed by atoms with van der Waals surface area (Å²) in [7, 11) is 0. The van der Waals surface area contributed by atoms with Crippen molar-refractivity contribution in [3.05, 3.63) is 59.2 Å². The minimum absolute atomic E-state index is 0.128. The van der Waals surface area contributed by atoms with Crippen molar-refractivity contribution in [2.75, 3.05) is 12.4 Å². The number of hydrogen-bond donors (Lipinski definition) is 1. The number of aromatic amines is 1. The zero-order chi connectivity index (χ0) is 19.4. The molecule has 2 heterocycles. The highest BCUT2D eigenvalue weighted by Gasteiger charge is 2.25. The predicted octanol–water partition coefficient (Wildman–Crippen LogP) is 3.36. The fourth-order valence-electron chi connectivity index (χ4n) is 2.81.